The Bertz CT molecular complexity index is 1390. The molecule has 1 atom stereocenters. The molecule has 162 valence electrons. The number of H-pyrrole nitrogens is 1. The van der Waals surface area contributed by atoms with E-state index in [4.69, 9.17) is 4.52 Å². The highest BCUT2D eigenvalue weighted by molar-refractivity contribution is 6.03. The van der Waals surface area contributed by atoms with Crippen molar-refractivity contribution in [1.82, 2.24) is 30.4 Å². The molecule has 0 aliphatic heterocycles. The standard InChI is InChI=1S/C21H19N7O4/c1-10-4-5-13(8-11(10)2)25-20(31)18-27-21(32-28-18)12(3)24-19(30)16-14-6-7-15(29)26-17(14)23-9-22-16/h4-9,12H,1-3H3,(H,24,30)(H,25,31)(H,22,23,26,29)/t12-/m1/s1. The fourth-order valence-electron chi connectivity index (χ4n) is 2.99. The minimum absolute atomic E-state index is 0.0513. The van der Waals surface area contributed by atoms with E-state index in [1.165, 1.54) is 18.5 Å². The van der Waals surface area contributed by atoms with E-state index in [0.29, 0.717) is 11.1 Å². The number of nitrogens with zero attached hydrogens (tertiary/aromatic N) is 4. The van der Waals surface area contributed by atoms with Gasteiger partial charge in [0.05, 0.1) is 0 Å². The number of carbonyl (C=O) groups excluding carboxylic acids is 2. The van der Waals surface area contributed by atoms with Crippen LogP contribution in [0.3, 0.4) is 0 Å². The van der Waals surface area contributed by atoms with E-state index >= 15 is 0 Å². The number of aromatic amines is 1. The van der Waals surface area contributed by atoms with Gasteiger partial charge < -0.3 is 20.1 Å². The Kier molecular flexibility index (Phi) is 5.46. The molecule has 0 radical (unpaired) electrons. The van der Waals surface area contributed by atoms with Gasteiger partial charge in [-0.05, 0) is 50.1 Å². The summed E-state index contributed by atoms with van der Waals surface area (Å²) in [7, 11) is 0. The molecular formula is C21H19N7O4. The summed E-state index contributed by atoms with van der Waals surface area (Å²) >= 11 is 0. The Morgan fingerprint density at radius 2 is 1.88 bits per heavy atom. The summed E-state index contributed by atoms with van der Waals surface area (Å²) < 4.78 is 5.15. The summed E-state index contributed by atoms with van der Waals surface area (Å²) in [6.45, 7) is 5.55. The van der Waals surface area contributed by atoms with Crippen molar-refractivity contribution in [2.75, 3.05) is 5.32 Å². The molecule has 0 bridgehead atoms. The second-order valence-corrected chi connectivity index (χ2v) is 7.21. The first-order valence-electron chi connectivity index (χ1n) is 9.69. The molecule has 1 aromatic carbocycles. The van der Waals surface area contributed by atoms with Gasteiger partial charge in [-0.2, -0.15) is 4.98 Å². The average Bonchev–Trinajstić information content (AvgIpc) is 3.26. The third-order valence-electron chi connectivity index (χ3n) is 4.87. The summed E-state index contributed by atoms with van der Waals surface area (Å²) in [6.07, 6.45) is 1.18. The Hall–Kier alpha value is -4.41. The van der Waals surface area contributed by atoms with Crippen LogP contribution in [0.2, 0.25) is 0 Å². The Labute approximate surface area is 181 Å². The molecule has 0 spiro atoms. The zero-order valence-corrected chi connectivity index (χ0v) is 17.5. The van der Waals surface area contributed by atoms with Crippen LogP contribution in [0.25, 0.3) is 11.0 Å². The molecule has 0 fully saturated rings. The average molecular weight is 433 g/mol. The number of carbonyl (C=O) groups is 2. The number of aromatic nitrogens is 5. The molecular weight excluding hydrogens is 414 g/mol. The summed E-state index contributed by atoms with van der Waals surface area (Å²) in [5.74, 6) is -1.18. The van der Waals surface area contributed by atoms with Gasteiger partial charge in [0.1, 0.15) is 23.7 Å². The van der Waals surface area contributed by atoms with E-state index < -0.39 is 17.9 Å². The molecule has 0 unspecified atom stereocenters. The van der Waals surface area contributed by atoms with Crippen molar-refractivity contribution < 1.29 is 14.1 Å². The van der Waals surface area contributed by atoms with Crippen LogP contribution in [-0.4, -0.2) is 36.9 Å². The number of pyridine rings is 1. The van der Waals surface area contributed by atoms with Crippen molar-refractivity contribution in [3.8, 4) is 0 Å². The zero-order valence-electron chi connectivity index (χ0n) is 17.5. The molecule has 3 aromatic heterocycles. The third kappa shape index (κ3) is 4.21. The van der Waals surface area contributed by atoms with E-state index in [1.807, 2.05) is 26.0 Å². The number of fused-ring (bicyclic) bond motifs is 1. The van der Waals surface area contributed by atoms with Crippen LogP contribution in [0.15, 0.2) is 46.0 Å². The maximum Gasteiger partial charge on any atom is 0.297 e. The fourth-order valence-corrected chi connectivity index (χ4v) is 2.99. The summed E-state index contributed by atoms with van der Waals surface area (Å²) in [4.78, 5) is 51.2. The lowest BCUT2D eigenvalue weighted by atomic mass is 10.1. The molecule has 11 heteroatoms. The predicted octanol–water partition coefficient (Wildman–Crippen LogP) is 2.06. The third-order valence-corrected chi connectivity index (χ3v) is 4.87. The van der Waals surface area contributed by atoms with Gasteiger partial charge in [-0.25, -0.2) is 9.97 Å². The molecule has 11 nitrogen and oxygen atoms in total. The number of amides is 2. The summed E-state index contributed by atoms with van der Waals surface area (Å²) in [6, 6.07) is 7.57. The first-order chi connectivity index (χ1) is 15.3. The van der Waals surface area contributed by atoms with Crippen LogP contribution in [0.4, 0.5) is 5.69 Å². The predicted molar refractivity (Wildman–Crippen MR) is 114 cm³/mol. The van der Waals surface area contributed by atoms with E-state index in [9.17, 15) is 14.4 Å². The number of nitrogens with one attached hydrogen (secondary N) is 3. The van der Waals surface area contributed by atoms with Crippen molar-refractivity contribution in [1.29, 1.82) is 0 Å². The number of rotatable bonds is 5. The van der Waals surface area contributed by atoms with Gasteiger partial charge in [0.2, 0.25) is 11.4 Å². The van der Waals surface area contributed by atoms with Gasteiger partial charge in [0.15, 0.2) is 0 Å². The fraction of sp³-hybridized carbons (Fsp3) is 0.190. The maximum absolute atomic E-state index is 12.7. The number of anilines is 1. The molecule has 2 amide bonds. The lowest BCUT2D eigenvalue weighted by Crippen LogP contribution is -2.28. The number of aryl methyl sites for hydroxylation is 2. The first-order valence-corrected chi connectivity index (χ1v) is 9.69. The van der Waals surface area contributed by atoms with Crippen LogP contribution in [0.5, 0.6) is 0 Å². The minimum atomic E-state index is -0.703. The molecule has 0 saturated carbocycles. The highest BCUT2D eigenvalue weighted by Crippen LogP contribution is 2.17. The summed E-state index contributed by atoms with van der Waals surface area (Å²) in [5.41, 5.74) is 2.73. The van der Waals surface area contributed by atoms with E-state index in [1.54, 1.807) is 13.0 Å². The smallest absolute Gasteiger partial charge is 0.297 e. The van der Waals surface area contributed by atoms with Gasteiger partial charge in [-0.15, -0.1) is 0 Å². The van der Waals surface area contributed by atoms with Crippen LogP contribution >= 0.6 is 0 Å². The molecule has 0 saturated heterocycles. The van der Waals surface area contributed by atoms with Crippen LogP contribution in [0.1, 0.15) is 51.1 Å². The first kappa shape index (κ1) is 20.8. The molecule has 4 aromatic rings. The van der Waals surface area contributed by atoms with Gasteiger partial charge in [0.25, 0.3) is 17.6 Å². The van der Waals surface area contributed by atoms with Crippen molar-refractivity contribution in [3.63, 3.8) is 0 Å². The highest BCUT2D eigenvalue weighted by Gasteiger charge is 2.22. The Morgan fingerprint density at radius 1 is 1.06 bits per heavy atom. The summed E-state index contributed by atoms with van der Waals surface area (Å²) in [5, 5.41) is 9.48. The largest absolute Gasteiger partial charge is 0.339 e. The molecule has 4 rings (SSSR count). The van der Waals surface area contributed by atoms with Crippen LogP contribution in [0, 0.1) is 13.8 Å². The number of hydrogen-bond donors (Lipinski definition) is 3. The second kappa shape index (κ2) is 8.38. The maximum atomic E-state index is 12.7. The Balaban J connectivity index is 1.47. The quantitative estimate of drug-likeness (QED) is 0.432. The monoisotopic (exact) mass is 433 g/mol. The lowest BCUT2D eigenvalue weighted by Gasteiger charge is -2.10. The normalized spacial score (nSPS) is 11.8. The Morgan fingerprint density at radius 3 is 2.66 bits per heavy atom. The van der Waals surface area contributed by atoms with E-state index in [-0.39, 0.29) is 28.6 Å². The van der Waals surface area contributed by atoms with E-state index in [2.05, 4.69) is 35.7 Å². The lowest BCUT2D eigenvalue weighted by molar-refractivity contribution is 0.0928. The van der Waals surface area contributed by atoms with Crippen molar-refractivity contribution >= 4 is 28.5 Å². The van der Waals surface area contributed by atoms with Gasteiger partial charge in [-0.3, -0.25) is 14.4 Å². The van der Waals surface area contributed by atoms with Crippen molar-refractivity contribution in [2.24, 2.45) is 0 Å². The molecule has 32 heavy (non-hydrogen) atoms. The van der Waals surface area contributed by atoms with Gasteiger partial charge >= 0.3 is 0 Å². The van der Waals surface area contributed by atoms with Gasteiger partial charge in [-0.1, -0.05) is 11.2 Å². The SMILES string of the molecule is Cc1ccc(NC(=O)c2noc([C@@H](C)NC(=O)c3ncnc4[nH]c(=O)ccc34)n2)cc1C. The van der Waals surface area contributed by atoms with Crippen molar-refractivity contribution in [2.45, 2.75) is 26.8 Å². The molecule has 3 N–H and O–H groups in total. The number of benzene rings is 1. The molecule has 0 aliphatic rings. The number of hydrogen-bond acceptors (Lipinski definition) is 8. The minimum Gasteiger partial charge on any atom is -0.339 e. The van der Waals surface area contributed by atoms with E-state index in [0.717, 1.165) is 11.1 Å². The van der Waals surface area contributed by atoms with Crippen LogP contribution < -0.4 is 16.2 Å². The highest BCUT2D eigenvalue weighted by atomic mass is 16.5. The van der Waals surface area contributed by atoms with Gasteiger partial charge in [0, 0.05) is 17.1 Å². The topological polar surface area (TPSA) is 156 Å². The zero-order chi connectivity index (χ0) is 22.8. The van der Waals surface area contributed by atoms with Crippen LogP contribution in [-0.2, 0) is 0 Å². The van der Waals surface area contributed by atoms with Crippen molar-refractivity contribution in [3.05, 3.63) is 75.5 Å². The second-order valence-electron chi connectivity index (χ2n) is 7.21. The molecule has 3 heterocycles. The molecule has 0 aliphatic carbocycles.